The van der Waals surface area contributed by atoms with Crippen LogP contribution in [0.3, 0.4) is 0 Å². The Morgan fingerprint density at radius 1 is 1.26 bits per heavy atom. The number of anilines is 1. The third-order valence-corrected chi connectivity index (χ3v) is 5.22. The first-order valence-corrected chi connectivity index (χ1v) is 10.0. The van der Waals surface area contributed by atoms with Gasteiger partial charge in [-0.25, -0.2) is 4.98 Å². The number of nitrogens with one attached hydrogen (secondary N) is 1. The number of hydrogen-bond donors (Lipinski definition) is 1. The van der Waals surface area contributed by atoms with Crippen LogP contribution >= 0.6 is 11.3 Å². The Morgan fingerprint density at radius 3 is 2.78 bits per heavy atom. The summed E-state index contributed by atoms with van der Waals surface area (Å²) in [6, 6.07) is 12.2. The molecule has 0 aliphatic rings. The molecule has 2 heterocycles. The maximum atomic E-state index is 11.1. The molecule has 1 atom stereocenters. The van der Waals surface area contributed by atoms with Crippen LogP contribution in [-0.2, 0) is 28.9 Å². The maximum absolute atomic E-state index is 11.1. The SMILES string of the molecule is CC(=O)Nc1ccc(CCOC(CCc2cccs2)Cn2ccnc2)cc1. The van der Waals surface area contributed by atoms with Gasteiger partial charge in [-0.1, -0.05) is 18.2 Å². The second-order valence-corrected chi connectivity index (χ2v) is 7.53. The summed E-state index contributed by atoms with van der Waals surface area (Å²) in [5.74, 6) is -0.0563. The third kappa shape index (κ3) is 6.66. The minimum absolute atomic E-state index is 0.0563. The molecule has 1 unspecified atom stereocenters. The summed E-state index contributed by atoms with van der Waals surface area (Å²) in [5.41, 5.74) is 2.02. The Balaban J connectivity index is 1.49. The molecule has 1 amide bonds. The fourth-order valence-corrected chi connectivity index (χ4v) is 3.64. The van der Waals surface area contributed by atoms with Crippen molar-refractivity contribution < 1.29 is 9.53 Å². The van der Waals surface area contributed by atoms with Gasteiger partial charge in [-0.2, -0.15) is 0 Å². The molecule has 0 aliphatic heterocycles. The monoisotopic (exact) mass is 383 g/mol. The molecule has 1 N–H and O–H groups in total. The molecule has 3 rings (SSSR count). The molecule has 0 fully saturated rings. The number of aromatic nitrogens is 2. The number of aryl methyl sites for hydroxylation is 1. The minimum atomic E-state index is -0.0563. The van der Waals surface area contributed by atoms with E-state index in [2.05, 4.69) is 32.4 Å². The zero-order valence-corrected chi connectivity index (χ0v) is 16.3. The van der Waals surface area contributed by atoms with Crippen LogP contribution in [0.5, 0.6) is 0 Å². The van der Waals surface area contributed by atoms with E-state index in [-0.39, 0.29) is 12.0 Å². The van der Waals surface area contributed by atoms with Gasteiger partial charge in [0, 0.05) is 36.4 Å². The van der Waals surface area contributed by atoms with Gasteiger partial charge in [0.1, 0.15) is 0 Å². The average molecular weight is 384 g/mol. The van der Waals surface area contributed by atoms with Crippen molar-refractivity contribution in [3.8, 4) is 0 Å². The largest absolute Gasteiger partial charge is 0.376 e. The maximum Gasteiger partial charge on any atom is 0.221 e. The highest BCUT2D eigenvalue weighted by molar-refractivity contribution is 7.09. The summed E-state index contributed by atoms with van der Waals surface area (Å²) in [6.45, 7) is 2.99. The van der Waals surface area contributed by atoms with Crippen molar-refractivity contribution in [2.75, 3.05) is 11.9 Å². The lowest BCUT2D eigenvalue weighted by atomic mass is 10.1. The molecule has 0 saturated heterocycles. The first-order chi connectivity index (χ1) is 13.2. The fourth-order valence-electron chi connectivity index (χ4n) is 2.92. The Labute approximate surface area is 164 Å². The molecule has 0 spiro atoms. The molecule has 0 aliphatic carbocycles. The van der Waals surface area contributed by atoms with Gasteiger partial charge in [0.2, 0.25) is 5.91 Å². The Morgan fingerprint density at radius 2 is 2.11 bits per heavy atom. The molecule has 0 bridgehead atoms. The van der Waals surface area contributed by atoms with Gasteiger partial charge >= 0.3 is 0 Å². The van der Waals surface area contributed by atoms with E-state index in [1.807, 2.05) is 36.8 Å². The van der Waals surface area contributed by atoms with Crippen LogP contribution in [0.2, 0.25) is 0 Å². The van der Waals surface area contributed by atoms with Gasteiger partial charge in [0.25, 0.3) is 0 Å². The molecule has 6 heteroatoms. The molecule has 27 heavy (non-hydrogen) atoms. The van der Waals surface area contributed by atoms with E-state index >= 15 is 0 Å². The summed E-state index contributed by atoms with van der Waals surface area (Å²) >= 11 is 1.79. The summed E-state index contributed by atoms with van der Waals surface area (Å²) < 4.78 is 8.27. The Bertz CT molecular complexity index is 799. The molecular formula is C21H25N3O2S. The second-order valence-electron chi connectivity index (χ2n) is 6.50. The zero-order valence-electron chi connectivity index (χ0n) is 15.5. The minimum Gasteiger partial charge on any atom is -0.376 e. The lowest BCUT2D eigenvalue weighted by Crippen LogP contribution is -2.21. The number of nitrogens with zero attached hydrogens (tertiary/aromatic N) is 2. The molecule has 142 valence electrons. The van der Waals surface area contributed by atoms with Crippen LogP contribution < -0.4 is 5.32 Å². The van der Waals surface area contributed by atoms with E-state index in [0.717, 1.165) is 31.5 Å². The molecular weight excluding hydrogens is 358 g/mol. The topological polar surface area (TPSA) is 56.1 Å². The summed E-state index contributed by atoms with van der Waals surface area (Å²) in [6.07, 6.45) is 8.62. The van der Waals surface area contributed by atoms with Crippen LogP contribution in [0.15, 0.2) is 60.5 Å². The standard InChI is InChI=1S/C21H25N3O2S/c1-17(25)23-19-6-4-18(5-7-19)10-13-26-20(15-24-12-11-22-16-24)8-9-21-3-2-14-27-21/h2-7,11-12,14,16,20H,8-10,13,15H2,1H3,(H,23,25). The highest BCUT2D eigenvalue weighted by Crippen LogP contribution is 2.15. The molecule has 3 aromatic rings. The Kier molecular flexibility index (Phi) is 7.19. The average Bonchev–Trinajstić information content (AvgIpc) is 3.34. The first kappa shape index (κ1) is 19.3. The van der Waals surface area contributed by atoms with Crippen molar-refractivity contribution in [3.63, 3.8) is 0 Å². The number of rotatable bonds is 10. The number of benzene rings is 1. The van der Waals surface area contributed by atoms with E-state index in [1.165, 1.54) is 17.4 Å². The van der Waals surface area contributed by atoms with Crippen molar-refractivity contribution >= 4 is 22.9 Å². The first-order valence-electron chi connectivity index (χ1n) is 9.15. The highest BCUT2D eigenvalue weighted by atomic mass is 32.1. The van der Waals surface area contributed by atoms with Crippen LogP contribution in [-0.4, -0.2) is 28.2 Å². The van der Waals surface area contributed by atoms with Crippen molar-refractivity contribution in [2.45, 2.75) is 38.8 Å². The molecule has 1 aromatic carbocycles. The predicted molar refractivity (Wildman–Crippen MR) is 109 cm³/mol. The number of hydrogen-bond acceptors (Lipinski definition) is 4. The third-order valence-electron chi connectivity index (χ3n) is 4.29. The van der Waals surface area contributed by atoms with Gasteiger partial charge in [-0.15, -0.1) is 11.3 Å². The number of carbonyl (C=O) groups is 1. The van der Waals surface area contributed by atoms with Crippen LogP contribution in [0.4, 0.5) is 5.69 Å². The van der Waals surface area contributed by atoms with Crippen molar-refractivity contribution in [3.05, 3.63) is 70.9 Å². The fraction of sp³-hybridized carbons (Fsp3) is 0.333. The smallest absolute Gasteiger partial charge is 0.221 e. The second kappa shape index (κ2) is 10.0. The lowest BCUT2D eigenvalue weighted by molar-refractivity contribution is -0.114. The number of thiophene rings is 1. The predicted octanol–water partition coefficient (Wildman–Crippen LogP) is 4.16. The number of carbonyl (C=O) groups excluding carboxylic acids is 1. The van der Waals surface area contributed by atoms with Crippen molar-refractivity contribution in [1.29, 1.82) is 0 Å². The van der Waals surface area contributed by atoms with Gasteiger partial charge in [-0.05, 0) is 48.4 Å². The number of imidazole rings is 1. The van der Waals surface area contributed by atoms with Gasteiger partial charge in [0.05, 0.1) is 19.0 Å². The van der Waals surface area contributed by atoms with Crippen molar-refractivity contribution in [2.24, 2.45) is 0 Å². The molecule has 0 saturated carbocycles. The van der Waals surface area contributed by atoms with E-state index in [4.69, 9.17) is 4.74 Å². The molecule has 5 nitrogen and oxygen atoms in total. The van der Waals surface area contributed by atoms with Crippen LogP contribution in [0.25, 0.3) is 0 Å². The molecule has 0 radical (unpaired) electrons. The number of amides is 1. The van der Waals surface area contributed by atoms with Gasteiger partial charge in [-0.3, -0.25) is 4.79 Å². The highest BCUT2D eigenvalue weighted by Gasteiger charge is 2.11. The Hall–Kier alpha value is -2.44. The van der Waals surface area contributed by atoms with Crippen molar-refractivity contribution in [1.82, 2.24) is 9.55 Å². The van der Waals surface area contributed by atoms with E-state index < -0.39 is 0 Å². The van der Waals surface area contributed by atoms with Crippen LogP contribution in [0, 0.1) is 0 Å². The van der Waals surface area contributed by atoms with E-state index in [9.17, 15) is 4.79 Å². The summed E-state index contributed by atoms with van der Waals surface area (Å²) in [4.78, 5) is 16.6. The number of ether oxygens (including phenoxy) is 1. The lowest BCUT2D eigenvalue weighted by Gasteiger charge is -2.18. The van der Waals surface area contributed by atoms with E-state index in [1.54, 1.807) is 17.5 Å². The quantitative estimate of drug-likeness (QED) is 0.572. The van der Waals surface area contributed by atoms with Gasteiger partial charge in [0.15, 0.2) is 0 Å². The van der Waals surface area contributed by atoms with Crippen LogP contribution in [0.1, 0.15) is 23.8 Å². The summed E-state index contributed by atoms with van der Waals surface area (Å²) in [7, 11) is 0. The zero-order chi connectivity index (χ0) is 18.9. The van der Waals surface area contributed by atoms with E-state index in [0.29, 0.717) is 6.61 Å². The summed E-state index contributed by atoms with van der Waals surface area (Å²) in [5, 5.41) is 4.90. The molecule has 2 aromatic heterocycles. The normalized spacial score (nSPS) is 12.0. The van der Waals surface area contributed by atoms with Gasteiger partial charge < -0.3 is 14.6 Å².